The fourth-order valence-electron chi connectivity index (χ4n) is 1.27. The van der Waals surface area contributed by atoms with Gasteiger partial charge in [0.05, 0.1) is 6.26 Å². The molecule has 92 valence electrons. The van der Waals surface area contributed by atoms with Gasteiger partial charge >= 0.3 is 5.97 Å². The van der Waals surface area contributed by atoms with Crippen LogP contribution in [-0.4, -0.2) is 5.97 Å². The van der Waals surface area contributed by atoms with E-state index in [4.69, 9.17) is 4.74 Å². The molecule has 0 saturated heterocycles. The first-order valence-electron chi connectivity index (χ1n) is 6.05. The molecule has 0 radical (unpaired) electrons. The van der Waals surface area contributed by atoms with Gasteiger partial charge in [0.15, 0.2) is 0 Å². The molecule has 0 unspecified atom stereocenters. The lowest BCUT2D eigenvalue weighted by Crippen LogP contribution is -1.98. The number of unbranched alkanes of at least 4 members (excludes halogenated alkanes) is 3. The lowest BCUT2D eigenvalue weighted by molar-refractivity contribution is -0.133. The highest BCUT2D eigenvalue weighted by atomic mass is 16.5. The monoisotopic (exact) mass is 224 g/mol. The highest BCUT2D eigenvalue weighted by Crippen LogP contribution is 2.09. The average Bonchev–Trinajstić information content (AvgIpc) is 2.21. The molecule has 0 aliphatic heterocycles. The summed E-state index contributed by atoms with van der Waals surface area (Å²) in [6, 6.07) is 0. The first-order valence-corrected chi connectivity index (χ1v) is 6.05. The molecule has 2 heteroatoms. The van der Waals surface area contributed by atoms with Crippen LogP contribution in [0.1, 0.15) is 52.9 Å². The summed E-state index contributed by atoms with van der Waals surface area (Å²) in [5.74, 6) is 0.447. The molecule has 0 aromatic heterocycles. The highest BCUT2D eigenvalue weighted by Gasteiger charge is 1.98. The predicted molar refractivity (Wildman–Crippen MR) is 68.0 cm³/mol. The van der Waals surface area contributed by atoms with Crippen LogP contribution < -0.4 is 0 Å². The highest BCUT2D eigenvalue weighted by molar-refractivity contribution is 5.87. The Hall–Kier alpha value is -1.05. The van der Waals surface area contributed by atoms with Crippen molar-refractivity contribution in [2.75, 3.05) is 0 Å². The Labute approximate surface area is 99.4 Å². The Morgan fingerprint density at radius 1 is 1.31 bits per heavy atom. The number of ether oxygens (including phenoxy) is 1. The van der Waals surface area contributed by atoms with Gasteiger partial charge in [-0.2, -0.15) is 0 Å². The van der Waals surface area contributed by atoms with Crippen molar-refractivity contribution in [3.8, 4) is 0 Å². The number of carbonyl (C=O) groups excluding carboxylic acids is 1. The molecule has 2 nitrogen and oxygen atoms in total. The molecule has 0 bridgehead atoms. The predicted octanol–water partition coefficient (Wildman–Crippen LogP) is 4.23. The molecule has 0 atom stereocenters. The molecule has 0 amide bonds. The van der Waals surface area contributed by atoms with E-state index < -0.39 is 0 Å². The van der Waals surface area contributed by atoms with Crippen molar-refractivity contribution in [2.45, 2.75) is 52.9 Å². The second-order valence-electron chi connectivity index (χ2n) is 4.59. The van der Waals surface area contributed by atoms with Crippen LogP contribution in [0.4, 0.5) is 0 Å². The van der Waals surface area contributed by atoms with Crippen LogP contribution >= 0.6 is 0 Å². The number of esters is 1. The third kappa shape index (κ3) is 9.50. The maximum Gasteiger partial charge on any atom is 0.337 e. The third-order valence-corrected chi connectivity index (χ3v) is 2.27. The summed E-state index contributed by atoms with van der Waals surface area (Å²) in [5, 5.41) is 0. The minimum absolute atomic E-state index is 0.351. The summed E-state index contributed by atoms with van der Waals surface area (Å²) in [6.45, 7) is 9.64. The maximum absolute atomic E-state index is 11.0. The third-order valence-electron chi connectivity index (χ3n) is 2.27. The summed E-state index contributed by atoms with van der Waals surface area (Å²) >= 11 is 0. The van der Waals surface area contributed by atoms with Gasteiger partial charge in [0.25, 0.3) is 0 Å². The van der Waals surface area contributed by atoms with E-state index in [9.17, 15) is 4.79 Å². The molecule has 0 spiro atoms. The number of hydrogen-bond donors (Lipinski definition) is 0. The fraction of sp³-hybridized carbons (Fsp3) is 0.643. The largest absolute Gasteiger partial charge is 0.431 e. The van der Waals surface area contributed by atoms with Crippen LogP contribution in [0.2, 0.25) is 0 Å². The molecular formula is C14H24O2. The zero-order valence-corrected chi connectivity index (χ0v) is 10.8. The molecule has 0 fully saturated rings. The van der Waals surface area contributed by atoms with E-state index >= 15 is 0 Å². The van der Waals surface area contributed by atoms with Crippen molar-refractivity contribution in [2.24, 2.45) is 5.92 Å². The summed E-state index contributed by atoms with van der Waals surface area (Å²) in [7, 11) is 0. The zero-order valence-electron chi connectivity index (χ0n) is 10.8. The summed E-state index contributed by atoms with van der Waals surface area (Å²) < 4.78 is 4.83. The van der Waals surface area contributed by atoms with Crippen molar-refractivity contribution in [1.29, 1.82) is 0 Å². The van der Waals surface area contributed by atoms with Crippen LogP contribution in [0.15, 0.2) is 24.5 Å². The van der Waals surface area contributed by atoms with Gasteiger partial charge < -0.3 is 4.74 Å². The Morgan fingerprint density at radius 2 is 2.00 bits per heavy atom. The van der Waals surface area contributed by atoms with Crippen LogP contribution in [0.3, 0.4) is 0 Å². The van der Waals surface area contributed by atoms with Gasteiger partial charge in [-0.15, -0.1) is 0 Å². The molecule has 0 aromatic carbocycles. The lowest BCUT2D eigenvalue weighted by atomic mass is 10.0. The van der Waals surface area contributed by atoms with E-state index in [0.29, 0.717) is 5.57 Å². The summed E-state index contributed by atoms with van der Waals surface area (Å²) in [6.07, 6.45) is 9.34. The smallest absolute Gasteiger partial charge is 0.337 e. The van der Waals surface area contributed by atoms with Gasteiger partial charge in [-0.05, 0) is 31.8 Å². The first-order chi connectivity index (χ1) is 7.54. The van der Waals surface area contributed by atoms with Gasteiger partial charge in [0.2, 0.25) is 0 Å². The normalized spacial score (nSPS) is 11.0. The topological polar surface area (TPSA) is 26.3 Å². The minimum Gasteiger partial charge on any atom is -0.431 e. The quantitative estimate of drug-likeness (QED) is 0.267. The molecule has 0 N–H and O–H groups in total. The first kappa shape index (κ1) is 14.9. The van der Waals surface area contributed by atoms with E-state index in [2.05, 4.69) is 20.4 Å². The molecule has 0 aliphatic rings. The Kier molecular flexibility index (Phi) is 8.59. The molecule has 0 aromatic rings. The van der Waals surface area contributed by atoms with Gasteiger partial charge in [-0.3, -0.25) is 0 Å². The molecule has 0 saturated carbocycles. The van der Waals surface area contributed by atoms with E-state index in [0.717, 1.165) is 18.8 Å². The van der Waals surface area contributed by atoms with Crippen LogP contribution in [0.5, 0.6) is 0 Å². The van der Waals surface area contributed by atoms with E-state index in [1.165, 1.54) is 25.5 Å². The van der Waals surface area contributed by atoms with Crippen molar-refractivity contribution in [3.63, 3.8) is 0 Å². The Morgan fingerprint density at radius 3 is 2.56 bits per heavy atom. The second-order valence-corrected chi connectivity index (χ2v) is 4.59. The number of hydrogen-bond acceptors (Lipinski definition) is 2. The number of rotatable bonds is 8. The number of carbonyl (C=O) groups is 1. The van der Waals surface area contributed by atoms with Crippen LogP contribution in [0, 0.1) is 5.92 Å². The van der Waals surface area contributed by atoms with Gasteiger partial charge in [0, 0.05) is 5.57 Å². The SMILES string of the molecule is C=C(C)C(=O)OC=CCCCCCC(C)C. The van der Waals surface area contributed by atoms with Crippen LogP contribution in [0.25, 0.3) is 0 Å². The van der Waals surface area contributed by atoms with E-state index in [1.807, 2.05) is 6.08 Å². The van der Waals surface area contributed by atoms with Crippen LogP contribution in [-0.2, 0) is 9.53 Å². The fourth-order valence-corrected chi connectivity index (χ4v) is 1.27. The van der Waals surface area contributed by atoms with Gasteiger partial charge in [-0.1, -0.05) is 39.7 Å². The van der Waals surface area contributed by atoms with Gasteiger partial charge in [0.1, 0.15) is 0 Å². The zero-order chi connectivity index (χ0) is 12.4. The number of allylic oxidation sites excluding steroid dienone is 1. The van der Waals surface area contributed by atoms with Crippen molar-refractivity contribution in [1.82, 2.24) is 0 Å². The summed E-state index contributed by atoms with van der Waals surface area (Å²) in [4.78, 5) is 11.0. The van der Waals surface area contributed by atoms with Crippen molar-refractivity contribution in [3.05, 3.63) is 24.5 Å². The molecule has 0 rings (SSSR count). The van der Waals surface area contributed by atoms with Crippen molar-refractivity contribution < 1.29 is 9.53 Å². The molecule has 0 aliphatic carbocycles. The van der Waals surface area contributed by atoms with E-state index in [-0.39, 0.29) is 5.97 Å². The molecular weight excluding hydrogens is 200 g/mol. The Balaban J connectivity index is 3.35. The lowest BCUT2D eigenvalue weighted by Gasteiger charge is -2.02. The standard InChI is InChI=1S/C14H24O2/c1-12(2)10-8-6-5-7-9-11-16-14(15)13(3)4/h9,11-12H,3,5-8,10H2,1-2,4H3. The Bertz CT molecular complexity index is 239. The minimum atomic E-state index is -0.351. The second kappa shape index (κ2) is 9.20. The summed E-state index contributed by atoms with van der Waals surface area (Å²) in [5.41, 5.74) is 0.432. The van der Waals surface area contributed by atoms with E-state index in [1.54, 1.807) is 6.92 Å². The molecule has 16 heavy (non-hydrogen) atoms. The average molecular weight is 224 g/mol. The van der Waals surface area contributed by atoms with Gasteiger partial charge in [-0.25, -0.2) is 4.79 Å². The van der Waals surface area contributed by atoms with Crippen molar-refractivity contribution >= 4 is 5.97 Å². The maximum atomic E-state index is 11.0. The molecule has 0 heterocycles.